The van der Waals surface area contributed by atoms with E-state index >= 15 is 0 Å². The van der Waals surface area contributed by atoms with Gasteiger partial charge in [0.2, 0.25) is 10.0 Å². The van der Waals surface area contributed by atoms with Crippen LogP contribution in [0.2, 0.25) is 0 Å². The predicted molar refractivity (Wildman–Crippen MR) is 111 cm³/mol. The fourth-order valence-corrected chi connectivity index (χ4v) is 4.62. The van der Waals surface area contributed by atoms with Gasteiger partial charge in [-0.25, -0.2) is 13.1 Å². The van der Waals surface area contributed by atoms with Gasteiger partial charge >= 0.3 is 5.97 Å². The molecule has 0 aromatic heterocycles. The van der Waals surface area contributed by atoms with Crippen molar-refractivity contribution < 1.29 is 27.8 Å². The Balaban J connectivity index is 1.64. The molecule has 0 aliphatic carbocycles. The normalized spacial score (nSPS) is 17.2. The minimum atomic E-state index is -3.89. The molecule has 2 N–H and O–H groups in total. The van der Waals surface area contributed by atoms with Gasteiger partial charge in [-0.3, -0.25) is 9.69 Å². The third-order valence-electron chi connectivity index (χ3n) is 4.89. The van der Waals surface area contributed by atoms with Crippen molar-refractivity contribution in [2.24, 2.45) is 0 Å². The maximum absolute atomic E-state index is 12.8. The van der Waals surface area contributed by atoms with Crippen molar-refractivity contribution in [1.29, 1.82) is 0 Å². The number of carbonyl (C=O) groups is 1. The molecule has 1 aliphatic heterocycles. The first-order chi connectivity index (χ1) is 14.4. The van der Waals surface area contributed by atoms with E-state index < -0.39 is 28.1 Å². The average Bonchev–Trinajstić information content (AvgIpc) is 2.73. The Hall–Kier alpha value is -2.46. The topological polar surface area (TPSA) is 105 Å². The molecule has 30 heavy (non-hydrogen) atoms. The molecule has 3 rings (SSSR count). The van der Waals surface area contributed by atoms with Crippen molar-refractivity contribution in [2.75, 3.05) is 26.3 Å². The fourth-order valence-electron chi connectivity index (χ4n) is 3.38. The molecule has 0 saturated carbocycles. The van der Waals surface area contributed by atoms with Crippen LogP contribution in [-0.2, 0) is 26.2 Å². The molecule has 0 spiro atoms. The zero-order valence-corrected chi connectivity index (χ0v) is 17.5. The van der Waals surface area contributed by atoms with E-state index in [0.29, 0.717) is 38.7 Å². The van der Waals surface area contributed by atoms with Gasteiger partial charge in [0.25, 0.3) is 0 Å². The molecule has 0 amide bonds. The highest BCUT2D eigenvalue weighted by atomic mass is 32.2. The maximum Gasteiger partial charge on any atom is 0.322 e. The van der Waals surface area contributed by atoms with Gasteiger partial charge in [-0.2, -0.15) is 0 Å². The van der Waals surface area contributed by atoms with Crippen molar-refractivity contribution in [3.8, 4) is 5.75 Å². The molecule has 1 saturated heterocycles. The number of ether oxygens (including phenoxy) is 2. The Morgan fingerprint density at radius 2 is 1.77 bits per heavy atom. The number of sulfonamides is 1. The van der Waals surface area contributed by atoms with Gasteiger partial charge in [-0.1, -0.05) is 30.3 Å². The second-order valence-corrected chi connectivity index (χ2v) is 8.80. The largest absolute Gasteiger partial charge is 0.489 e. The van der Waals surface area contributed by atoms with E-state index in [-0.39, 0.29) is 4.90 Å². The highest BCUT2D eigenvalue weighted by Gasteiger charge is 2.34. The third-order valence-corrected chi connectivity index (χ3v) is 6.46. The number of nitrogens with one attached hydrogen (secondary N) is 1. The first-order valence-corrected chi connectivity index (χ1v) is 11.2. The molecule has 2 unspecified atom stereocenters. The molecule has 9 heteroatoms. The monoisotopic (exact) mass is 434 g/mol. The van der Waals surface area contributed by atoms with E-state index in [1.807, 2.05) is 30.3 Å². The van der Waals surface area contributed by atoms with Crippen LogP contribution in [0, 0.1) is 0 Å². The first-order valence-electron chi connectivity index (χ1n) is 9.70. The molecular weight excluding hydrogens is 408 g/mol. The number of carboxylic acids is 1. The van der Waals surface area contributed by atoms with Crippen LogP contribution in [0.5, 0.6) is 5.75 Å². The van der Waals surface area contributed by atoms with Crippen LogP contribution in [0.1, 0.15) is 12.5 Å². The highest BCUT2D eigenvalue weighted by molar-refractivity contribution is 7.89. The fraction of sp³-hybridized carbons (Fsp3) is 0.381. The number of nitrogens with zero attached hydrogens (tertiary/aromatic N) is 1. The standard InChI is InChI=1S/C21H26N2O6S/c1-16(20(21(24)25)23-11-13-28-14-12-23)22-30(26,27)19-9-7-18(8-10-19)29-15-17-5-3-2-4-6-17/h2-10,16,20,22H,11-15H2,1H3,(H,24,25). The Morgan fingerprint density at radius 3 is 2.37 bits per heavy atom. The Bertz CT molecular complexity index is 928. The zero-order valence-electron chi connectivity index (χ0n) is 16.7. The van der Waals surface area contributed by atoms with Gasteiger partial charge in [0.1, 0.15) is 18.4 Å². The average molecular weight is 435 g/mol. The van der Waals surface area contributed by atoms with Gasteiger partial charge in [-0.15, -0.1) is 0 Å². The summed E-state index contributed by atoms with van der Waals surface area (Å²) in [5, 5.41) is 9.62. The molecule has 0 radical (unpaired) electrons. The van der Waals surface area contributed by atoms with E-state index in [2.05, 4.69) is 4.72 Å². The summed E-state index contributed by atoms with van der Waals surface area (Å²) in [5.74, 6) is -0.528. The summed E-state index contributed by atoms with van der Waals surface area (Å²) in [6, 6.07) is 13.9. The van der Waals surface area contributed by atoms with Crippen molar-refractivity contribution >= 4 is 16.0 Å². The molecule has 2 aromatic carbocycles. The zero-order chi connectivity index (χ0) is 21.6. The second-order valence-electron chi connectivity index (χ2n) is 7.09. The highest BCUT2D eigenvalue weighted by Crippen LogP contribution is 2.18. The van der Waals surface area contributed by atoms with Gasteiger partial charge in [-0.05, 0) is 36.8 Å². The van der Waals surface area contributed by atoms with Crippen LogP contribution in [0.25, 0.3) is 0 Å². The molecule has 0 bridgehead atoms. The van der Waals surface area contributed by atoms with E-state index in [0.717, 1.165) is 5.56 Å². The summed E-state index contributed by atoms with van der Waals surface area (Å²) in [4.78, 5) is 13.5. The number of hydrogen-bond acceptors (Lipinski definition) is 6. The Morgan fingerprint density at radius 1 is 1.13 bits per heavy atom. The predicted octanol–water partition coefficient (Wildman–Crippen LogP) is 1.72. The van der Waals surface area contributed by atoms with Crippen molar-refractivity contribution in [3.05, 3.63) is 60.2 Å². The summed E-state index contributed by atoms with van der Waals surface area (Å²) >= 11 is 0. The summed E-state index contributed by atoms with van der Waals surface area (Å²) in [5.41, 5.74) is 1.01. The van der Waals surface area contributed by atoms with E-state index in [9.17, 15) is 18.3 Å². The lowest BCUT2D eigenvalue weighted by Gasteiger charge is -2.35. The van der Waals surface area contributed by atoms with Crippen LogP contribution < -0.4 is 9.46 Å². The minimum absolute atomic E-state index is 0.0486. The van der Waals surface area contributed by atoms with Gasteiger partial charge in [0.05, 0.1) is 18.1 Å². The number of hydrogen-bond donors (Lipinski definition) is 2. The van der Waals surface area contributed by atoms with Crippen LogP contribution in [0.15, 0.2) is 59.5 Å². The lowest BCUT2D eigenvalue weighted by Crippen LogP contribution is -2.57. The molecule has 8 nitrogen and oxygen atoms in total. The lowest BCUT2D eigenvalue weighted by molar-refractivity contribution is -0.146. The van der Waals surface area contributed by atoms with Crippen molar-refractivity contribution in [3.63, 3.8) is 0 Å². The second kappa shape index (κ2) is 10.0. The Kier molecular flexibility index (Phi) is 7.43. The lowest BCUT2D eigenvalue weighted by atomic mass is 10.1. The number of aliphatic carboxylic acids is 1. The third kappa shape index (κ3) is 5.79. The summed E-state index contributed by atoms with van der Waals surface area (Å²) in [6.45, 7) is 3.67. The molecule has 2 atom stereocenters. The quantitative estimate of drug-likeness (QED) is 0.619. The van der Waals surface area contributed by atoms with Crippen molar-refractivity contribution in [2.45, 2.75) is 30.5 Å². The number of benzene rings is 2. The van der Waals surface area contributed by atoms with Crippen LogP contribution in [-0.4, -0.2) is 62.8 Å². The first kappa shape index (κ1) is 22.2. The SMILES string of the molecule is CC(NS(=O)(=O)c1ccc(OCc2ccccc2)cc1)C(C(=O)O)N1CCOCC1. The molecule has 2 aromatic rings. The smallest absolute Gasteiger partial charge is 0.322 e. The van der Waals surface area contributed by atoms with E-state index in [1.54, 1.807) is 24.0 Å². The summed E-state index contributed by atoms with van der Waals surface area (Å²) in [6.07, 6.45) is 0. The molecular formula is C21H26N2O6S. The Labute approximate surface area is 176 Å². The van der Waals surface area contributed by atoms with Crippen LogP contribution in [0.4, 0.5) is 0 Å². The molecule has 1 aliphatic rings. The number of carboxylic acid groups (broad SMARTS) is 1. The van der Waals surface area contributed by atoms with Crippen LogP contribution in [0.3, 0.4) is 0 Å². The van der Waals surface area contributed by atoms with E-state index in [1.165, 1.54) is 12.1 Å². The minimum Gasteiger partial charge on any atom is -0.489 e. The van der Waals surface area contributed by atoms with Gasteiger partial charge in [0, 0.05) is 19.1 Å². The molecule has 1 heterocycles. The number of rotatable bonds is 9. The summed E-state index contributed by atoms with van der Waals surface area (Å²) in [7, 11) is -3.89. The van der Waals surface area contributed by atoms with Crippen molar-refractivity contribution in [1.82, 2.24) is 9.62 Å². The summed E-state index contributed by atoms with van der Waals surface area (Å²) < 4.78 is 38.9. The van der Waals surface area contributed by atoms with E-state index in [4.69, 9.17) is 9.47 Å². The van der Waals surface area contributed by atoms with Crippen LogP contribution >= 0.6 is 0 Å². The molecule has 1 fully saturated rings. The number of morpholine rings is 1. The maximum atomic E-state index is 12.8. The van der Waals surface area contributed by atoms with Gasteiger partial charge in [0.15, 0.2) is 0 Å². The molecule has 162 valence electrons. The van der Waals surface area contributed by atoms with Gasteiger partial charge < -0.3 is 14.6 Å².